The second-order valence-electron chi connectivity index (χ2n) is 3.07. The molecule has 1 nitrogen and oxygen atoms in total. The molecule has 0 aromatic carbocycles. The van der Waals surface area contributed by atoms with E-state index in [4.69, 9.17) is 0 Å². The van der Waals surface area contributed by atoms with Gasteiger partial charge in [-0.15, -0.1) is 13.2 Å². The first-order valence-electron chi connectivity index (χ1n) is 4.43. The third kappa shape index (κ3) is 2.35. The maximum absolute atomic E-state index is 4.51. The third-order valence-corrected chi connectivity index (χ3v) is 2.17. The van der Waals surface area contributed by atoms with Crippen LogP contribution in [0.25, 0.3) is 0 Å². The van der Waals surface area contributed by atoms with Gasteiger partial charge >= 0.3 is 0 Å². The molecule has 1 aliphatic rings. The average molecular weight is 162 g/mol. The Hall–Kier alpha value is -0.820. The lowest BCUT2D eigenvalue weighted by Crippen LogP contribution is -2.32. The van der Waals surface area contributed by atoms with Crippen LogP contribution in [-0.4, -0.2) is 12.6 Å². The summed E-state index contributed by atoms with van der Waals surface area (Å²) in [6.07, 6.45) is 10.3. The molecular formula is C11H16N. The third-order valence-electron chi connectivity index (χ3n) is 2.17. The van der Waals surface area contributed by atoms with E-state index in [-0.39, 0.29) is 0 Å². The van der Waals surface area contributed by atoms with E-state index in [0.717, 1.165) is 19.4 Å². The minimum atomic E-state index is 0.436. The van der Waals surface area contributed by atoms with Crippen LogP contribution in [0.15, 0.2) is 37.5 Å². The molecule has 0 fully saturated rings. The quantitative estimate of drug-likeness (QED) is 0.563. The van der Waals surface area contributed by atoms with Crippen LogP contribution in [0.5, 0.6) is 0 Å². The van der Waals surface area contributed by atoms with Gasteiger partial charge < -0.3 is 0 Å². The van der Waals surface area contributed by atoms with Gasteiger partial charge in [0.1, 0.15) is 0 Å². The van der Waals surface area contributed by atoms with Crippen LogP contribution in [0.2, 0.25) is 0 Å². The Morgan fingerprint density at radius 3 is 2.75 bits per heavy atom. The van der Waals surface area contributed by atoms with Gasteiger partial charge in [0.25, 0.3) is 0 Å². The molecule has 65 valence electrons. The number of hydrogen-bond acceptors (Lipinski definition) is 0. The molecule has 0 bridgehead atoms. The molecule has 1 rings (SSSR count). The summed E-state index contributed by atoms with van der Waals surface area (Å²) in [4.78, 5) is 0. The number of rotatable bonds is 4. The van der Waals surface area contributed by atoms with Crippen molar-refractivity contribution in [2.24, 2.45) is 5.92 Å². The predicted octanol–water partition coefficient (Wildman–Crippen LogP) is 2.30. The topological polar surface area (TPSA) is 14.1 Å². The van der Waals surface area contributed by atoms with Crippen LogP contribution >= 0.6 is 0 Å². The van der Waals surface area contributed by atoms with Crippen LogP contribution < -0.4 is 5.32 Å². The van der Waals surface area contributed by atoms with E-state index in [0.29, 0.717) is 12.0 Å². The Labute approximate surface area is 74.9 Å². The summed E-state index contributed by atoms with van der Waals surface area (Å²) in [5.41, 5.74) is 0. The summed E-state index contributed by atoms with van der Waals surface area (Å²) in [5.74, 6) is 0.550. The molecule has 2 atom stereocenters. The molecule has 12 heavy (non-hydrogen) atoms. The molecule has 0 aromatic rings. The summed E-state index contributed by atoms with van der Waals surface area (Å²) >= 11 is 0. The Balaban J connectivity index is 2.51. The highest BCUT2D eigenvalue weighted by Gasteiger charge is 2.19. The predicted molar refractivity (Wildman–Crippen MR) is 53.0 cm³/mol. The number of nitrogens with zero attached hydrogens (tertiary/aromatic N) is 1. The van der Waals surface area contributed by atoms with Crippen molar-refractivity contribution in [3.63, 3.8) is 0 Å². The maximum atomic E-state index is 4.51. The van der Waals surface area contributed by atoms with Gasteiger partial charge in [-0.1, -0.05) is 24.3 Å². The minimum Gasteiger partial charge on any atom is -0.233 e. The summed E-state index contributed by atoms with van der Waals surface area (Å²) in [6.45, 7) is 8.35. The van der Waals surface area contributed by atoms with Crippen molar-refractivity contribution in [3.05, 3.63) is 37.5 Å². The SMILES string of the molecule is C=CCC1C=CC[N]C1CC=C. The normalized spacial score (nSPS) is 28.3. The smallest absolute Gasteiger partial charge is 0.0349 e. The van der Waals surface area contributed by atoms with Gasteiger partial charge in [0, 0.05) is 12.6 Å². The van der Waals surface area contributed by atoms with Crippen LogP contribution in [0.1, 0.15) is 12.8 Å². The summed E-state index contributed by atoms with van der Waals surface area (Å²) in [5, 5.41) is 4.51. The Kier molecular flexibility index (Phi) is 3.81. The lowest BCUT2D eigenvalue weighted by molar-refractivity contribution is 0.404. The van der Waals surface area contributed by atoms with Gasteiger partial charge in [0.2, 0.25) is 0 Å². The summed E-state index contributed by atoms with van der Waals surface area (Å²) < 4.78 is 0. The summed E-state index contributed by atoms with van der Waals surface area (Å²) in [7, 11) is 0. The molecule has 0 aromatic heterocycles. The van der Waals surface area contributed by atoms with E-state index in [1.807, 2.05) is 12.2 Å². The monoisotopic (exact) mass is 162 g/mol. The van der Waals surface area contributed by atoms with E-state index in [9.17, 15) is 0 Å². The summed E-state index contributed by atoms with van der Waals surface area (Å²) in [6, 6.07) is 0.436. The number of hydrogen-bond donors (Lipinski definition) is 0. The van der Waals surface area contributed by atoms with Crippen LogP contribution in [0, 0.1) is 5.92 Å². The largest absolute Gasteiger partial charge is 0.233 e. The van der Waals surface area contributed by atoms with E-state index in [1.54, 1.807) is 0 Å². The van der Waals surface area contributed by atoms with Crippen molar-refractivity contribution in [3.8, 4) is 0 Å². The zero-order valence-electron chi connectivity index (χ0n) is 7.45. The Bertz CT molecular complexity index is 181. The molecule has 0 spiro atoms. The molecule has 0 saturated carbocycles. The van der Waals surface area contributed by atoms with Crippen molar-refractivity contribution < 1.29 is 0 Å². The van der Waals surface area contributed by atoms with Crippen LogP contribution in [0.4, 0.5) is 0 Å². The van der Waals surface area contributed by atoms with Gasteiger partial charge in [0.05, 0.1) is 0 Å². The fourth-order valence-corrected chi connectivity index (χ4v) is 1.54. The van der Waals surface area contributed by atoms with Crippen molar-refractivity contribution in [2.75, 3.05) is 6.54 Å². The van der Waals surface area contributed by atoms with Crippen molar-refractivity contribution in [1.82, 2.24) is 5.32 Å². The van der Waals surface area contributed by atoms with Crippen molar-refractivity contribution in [1.29, 1.82) is 0 Å². The first kappa shape index (κ1) is 9.27. The molecule has 0 N–H and O–H groups in total. The van der Waals surface area contributed by atoms with E-state index < -0.39 is 0 Å². The highest BCUT2D eigenvalue weighted by molar-refractivity contribution is 5.04. The Morgan fingerprint density at radius 2 is 2.08 bits per heavy atom. The molecule has 0 aliphatic carbocycles. The second-order valence-corrected chi connectivity index (χ2v) is 3.07. The standard InChI is InChI=1S/C11H16N/c1-3-6-10-8-5-9-12-11(10)7-4-2/h3-5,8,10-11H,1-2,6-7,9H2. The van der Waals surface area contributed by atoms with Crippen LogP contribution in [0.3, 0.4) is 0 Å². The van der Waals surface area contributed by atoms with Crippen LogP contribution in [-0.2, 0) is 0 Å². The first-order chi connectivity index (χ1) is 5.88. The second kappa shape index (κ2) is 4.94. The Morgan fingerprint density at radius 1 is 1.33 bits per heavy atom. The lowest BCUT2D eigenvalue weighted by Gasteiger charge is -2.25. The molecule has 0 saturated heterocycles. The maximum Gasteiger partial charge on any atom is 0.0349 e. The lowest BCUT2D eigenvalue weighted by atomic mass is 9.91. The molecule has 2 unspecified atom stereocenters. The molecule has 1 heteroatoms. The molecule has 1 radical (unpaired) electrons. The minimum absolute atomic E-state index is 0.436. The van der Waals surface area contributed by atoms with Gasteiger partial charge in [-0.05, 0) is 18.8 Å². The van der Waals surface area contributed by atoms with E-state index >= 15 is 0 Å². The van der Waals surface area contributed by atoms with Crippen molar-refractivity contribution >= 4 is 0 Å². The van der Waals surface area contributed by atoms with Gasteiger partial charge in [-0.25, -0.2) is 5.32 Å². The highest BCUT2D eigenvalue weighted by atomic mass is 14.9. The van der Waals surface area contributed by atoms with Gasteiger partial charge in [-0.3, -0.25) is 0 Å². The van der Waals surface area contributed by atoms with E-state index in [2.05, 4.69) is 30.6 Å². The van der Waals surface area contributed by atoms with Gasteiger partial charge in [0.15, 0.2) is 0 Å². The molecule has 0 amide bonds. The fourth-order valence-electron chi connectivity index (χ4n) is 1.54. The zero-order valence-corrected chi connectivity index (χ0v) is 7.45. The van der Waals surface area contributed by atoms with Crippen molar-refractivity contribution in [2.45, 2.75) is 18.9 Å². The fraction of sp³-hybridized carbons (Fsp3) is 0.455. The average Bonchev–Trinajstić information content (AvgIpc) is 2.09. The van der Waals surface area contributed by atoms with E-state index in [1.165, 1.54) is 0 Å². The molecular weight excluding hydrogens is 146 g/mol. The molecule has 1 heterocycles. The highest BCUT2D eigenvalue weighted by Crippen LogP contribution is 2.18. The molecule has 1 aliphatic heterocycles. The number of allylic oxidation sites excluding steroid dienone is 1. The first-order valence-corrected chi connectivity index (χ1v) is 4.43. The van der Waals surface area contributed by atoms with Gasteiger partial charge in [-0.2, -0.15) is 0 Å². The zero-order chi connectivity index (χ0) is 8.81.